The van der Waals surface area contributed by atoms with Crippen LogP contribution in [0.5, 0.6) is 5.75 Å². The predicted octanol–water partition coefficient (Wildman–Crippen LogP) is 2.76. The van der Waals surface area contributed by atoms with Gasteiger partial charge in [0.1, 0.15) is 5.54 Å². The Bertz CT molecular complexity index is 948. The van der Waals surface area contributed by atoms with Gasteiger partial charge >= 0.3 is 0 Å². The van der Waals surface area contributed by atoms with Gasteiger partial charge in [-0.2, -0.15) is 0 Å². The van der Waals surface area contributed by atoms with Crippen molar-refractivity contribution in [2.45, 2.75) is 24.3 Å². The van der Waals surface area contributed by atoms with Crippen molar-refractivity contribution in [1.29, 1.82) is 0 Å². The molecule has 1 aliphatic heterocycles. The lowest BCUT2D eigenvalue weighted by Gasteiger charge is -2.46. The molecule has 1 saturated heterocycles. The first kappa shape index (κ1) is 21.1. The van der Waals surface area contributed by atoms with E-state index in [1.807, 2.05) is 12.1 Å². The number of hydrogen-bond acceptors (Lipinski definition) is 4. The monoisotopic (exact) mass is 431 g/mol. The Kier molecular flexibility index (Phi) is 6.00. The van der Waals surface area contributed by atoms with Crippen LogP contribution in [-0.2, 0) is 17.6 Å². The van der Waals surface area contributed by atoms with Crippen molar-refractivity contribution in [3.63, 3.8) is 0 Å². The van der Waals surface area contributed by atoms with Gasteiger partial charge in [0.25, 0.3) is 0 Å². The Balaban J connectivity index is 1.85. The fourth-order valence-electron chi connectivity index (χ4n) is 5.19. The average Bonchev–Trinajstić information content (AvgIpc) is 3.09. The largest absolute Gasteiger partial charge is 0.493 e. The van der Waals surface area contributed by atoms with E-state index in [2.05, 4.69) is 27.7 Å². The van der Waals surface area contributed by atoms with Gasteiger partial charge in [-0.3, -0.25) is 9.69 Å². The summed E-state index contributed by atoms with van der Waals surface area (Å²) < 4.78 is 19.9. The highest BCUT2D eigenvalue weighted by molar-refractivity contribution is 6.30. The predicted molar refractivity (Wildman–Crippen MR) is 116 cm³/mol. The number of halogens is 2. The Hall–Kier alpha value is -2.15. The van der Waals surface area contributed by atoms with Crippen LogP contribution in [0.15, 0.2) is 36.4 Å². The second-order valence-electron chi connectivity index (χ2n) is 7.95. The van der Waals surface area contributed by atoms with Crippen molar-refractivity contribution < 1.29 is 13.9 Å². The van der Waals surface area contributed by atoms with Crippen LogP contribution in [-0.4, -0.2) is 56.7 Å². The molecule has 2 N–H and O–H groups in total. The highest BCUT2D eigenvalue weighted by Crippen LogP contribution is 2.48. The number of carbonyl (C=O) groups is 1. The molecule has 1 fully saturated rings. The van der Waals surface area contributed by atoms with Gasteiger partial charge in [-0.1, -0.05) is 35.9 Å². The van der Waals surface area contributed by atoms with E-state index >= 15 is 0 Å². The number of nitrogens with zero attached hydrogens (tertiary/aromatic N) is 1. The molecule has 0 saturated carbocycles. The number of nitrogens with one attached hydrogen (secondary N) is 2. The van der Waals surface area contributed by atoms with Crippen LogP contribution in [0.25, 0.3) is 0 Å². The van der Waals surface area contributed by atoms with Crippen LogP contribution in [0.4, 0.5) is 4.39 Å². The molecule has 0 aromatic heterocycles. The summed E-state index contributed by atoms with van der Waals surface area (Å²) in [6.07, 6.45) is 1.08. The molecule has 1 aliphatic carbocycles. The minimum atomic E-state index is -0.746. The summed E-state index contributed by atoms with van der Waals surface area (Å²) in [7, 11) is 3.15. The van der Waals surface area contributed by atoms with Crippen LogP contribution < -0.4 is 15.4 Å². The standard InChI is InChI=1S/C23H27ClFN3O2/c1-26-22(29)23(28-9-7-27-8-10-28)14-15-5-3-4-6-18(15)19(23)12-16-11-17(24)13-20(25)21(16)30-2/h3-6,11,13,19,27H,7-10,12,14H2,1-2H3,(H,26,29). The van der Waals surface area contributed by atoms with Gasteiger partial charge in [0, 0.05) is 50.6 Å². The van der Waals surface area contributed by atoms with Crippen molar-refractivity contribution in [1.82, 2.24) is 15.5 Å². The number of ether oxygens (including phenoxy) is 1. The number of likely N-dealkylation sites (N-methyl/N-ethyl adjacent to an activating group) is 1. The molecule has 2 aromatic rings. The molecule has 1 heterocycles. The molecule has 1 amide bonds. The van der Waals surface area contributed by atoms with Crippen molar-refractivity contribution >= 4 is 17.5 Å². The second kappa shape index (κ2) is 8.53. The Morgan fingerprint density at radius 3 is 2.77 bits per heavy atom. The quantitative estimate of drug-likeness (QED) is 0.764. The molecule has 5 nitrogen and oxygen atoms in total. The fourth-order valence-corrected chi connectivity index (χ4v) is 5.42. The summed E-state index contributed by atoms with van der Waals surface area (Å²) in [5, 5.41) is 6.61. The first-order valence-corrected chi connectivity index (χ1v) is 10.7. The van der Waals surface area contributed by atoms with Crippen molar-refractivity contribution in [2.24, 2.45) is 0 Å². The van der Waals surface area contributed by atoms with Gasteiger partial charge < -0.3 is 15.4 Å². The highest BCUT2D eigenvalue weighted by Gasteiger charge is 2.55. The SMILES string of the molecule is CNC(=O)C1(N2CCNCC2)Cc2ccccc2C1Cc1cc(Cl)cc(F)c1OC. The third-order valence-electron chi connectivity index (χ3n) is 6.48. The molecule has 2 aliphatic rings. The summed E-state index contributed by atoms with van der Waals surface area (Å²) in [5.74, 6) is -0.459. The lowest BCUT2D eigenvalue weighted by molar-refractivity contribution is -0.135. The van der Waals surface area contributed by atoms with Gasteiger partial charge in [-0.05, 0) is 35.2 Å². The highest BCUT2D eigenvalue weighted by atomic mass is 35.5. The van der Waals surface area contributed by atoms with Gasteiger partial charge in [0.2, 0.25) is 5.91 Å². The molecule has 2 atom stereocenters. The number of rotatable bonds is 5. The summed E-state index contributed by atoms with van der Waals surface area (Å²) in [5.41, 5.74) is 2.21. The molecule has 2 aromatic carbocycles. The lowest BCUT2D eigenvalue weighted by Crippen LogP contribution is -2.65. The van der Waals surface area contributed by atoms with Crippen LogP contribution in [0, 0.1) is 5.82 Å². The number of benzene rings is 2. The summed E-state index contributed by atoms with van der Waals surface area (Å²) in [6, 6.07) is 11.2. The van der Waals surface area contributed by atoms with Crippen LogP contribution in [0.1, 0.15) is 22.6 Å². The minimum Gasteiger partial charge on any atom is -0.493 e. The second-order valence-corrected chi connectivity index (χ2v) is 8.39. The lowest BCUT2D eigenvalue weighted by atomic mass is 9.77. The zero-order valence-electron chi connectivity index (χ0n) is 17.3. The molecule has 0 bridgehead atoms. The maximum atomic E-state index is 14.5. The van der Waals surface area contributed by atoms with Crippen LogP contribution in [0.3, 0.4) is 0 Å². The van der Waals surface area contributed by atoms with Crippen LogP contribution >= 0.6 is 11.6 Å². The molecule has 160 valence electrons. The maximum absolute atomic E-state index is 14.5. The van der Waals surface area contributed by atoms with Gasteiger partial charge in [0.15, 0.2) is 11.6 Å². The van der Waals surface area contributed by atoms with E-state index in [0.717, 1.165) is 37.3 Å². The van der Waals surface area contributed by atoms with Crippen molar-refractivity contribution in [3.05, 3.63) is 63.9 Å². The Morgan fingerprint density at radius 1 is 1.33 bits per heavy atom. The molecule has 0 radical (unpaired) electrons. The van der Waals surface area contributed by atoms with E-state index in [9.17, 15) is 9.18 Å². The topological polar surface area (TPSA) is 53.6 Å². The normalized spacial score (nSPS) is 23.8. The summed E-state index contributed by atoms with van der Waals surface area (Å²) in [6.45, 7) is 3.21. The molecular formula is C23H27ClFN3O2. The number of hydrogen-bond donors (Lipinski definition) is 2. The Labute approximate surface area is 181 Å². The molecule has 7 heteroatoms. The van der Waals surface area contributed by atoms with E-state index in [0.29, 0.717) is 23.4 Å². The molecule has 4 rings (SSSR count). The van der Waals surface area contributed by atoms with E-state index < -0.39 is 11.4 Å². The third kappa shape index (κ3) is 3.47. The minimum absolute atomic E-state index is 0.00735. The first-order chi connectivity index (χ1) is 14.5. The number of fused-ring (bicyclic) bond motifs is 1. The van der Waals surface area contributed by atoms with E-state index in [1.165, 1.54) is 13.2 Å². The average molecular weight is 432 g/mol. The number of amides is 1. The maximum Gasteiger partial charge on any atom is 0.241 e. The van der Waals surface area contributed by atoms with Gasteiger partial charge in [-0.25, -0.2) is 4.39 Å². The number of methoxy groups -OCH3 is 1. The number of piperazine rings is 1. The third-order valence-corrected chi connectivity index (χ3v) is 6.70. The molecule has 0 spiro atoms. The van der Waals surface area contributed by atoms with Gasteiger partial charge in [0.05, 0.1) is 7.11 Å². The fraction of sp³-hybridized carbons (Fsp3) is 0.435. The molecule has 2 unspecified atom stereocenters. The molecule has 30 heavy (non-hydrogen) atoms. The summed E-state index contributed by atoms with van der Waals surface area (Å²) >= 11 is 6.18. The van der Waals surface area contributed by atoms with Crippen molar-refractivity contribution in [3.8, 4) is 5.75 Å². The van der Waals surface area contributed by atoms with E-state index in [4.69, 9.17) is 16.3 Å². The van der Waals surface area contributed by atoms with Crippen molar-refractivity contribution in [2.75, 3.05) is 40.3 Å². The van der Waals surface area contributed by atoms with Crippen LogP contribution in [0.2, 0.25) is 5.02 Å². The smallest absolute Gasteiger partial charge is 0.241 e. The zero-order chi connectivity index (χ0) is 21.3. The Morgan fingerprint density at radius 2 is 2.07 bits per heavy atom. The number of carbonyl (C=O) groups excluding carboxylic acids is 1. The van der Waals surface area contributed by atoms with E-state index in [1.54, 1.807) is 13.1 Å². The molecular weight excluding hydrogens is 405 g/mol. The van der Waals surface area contributed by atoms with Gasteiger partial charge in [-0.15, -0.1) is 0 Å². The van der Waals surface area contributed by atoms with E-state index in [-0.39, 0.29) is 17.6 Å². The zero-order valence-corrected chi connectivity index (χ0v) is 18.1. The first-order valence-electron chi connectivity index (χ1n) is 10.3. The summed E-state index contributed by atoms with van der Waals surface area (Å²) in [4.78, 5) is 15.8.